The van der Waals surface area contributed by atoms with Crippen LogP contribution in [-0.2, 0) is 0 Å². The number of nitriles is 1. The van der Waals surface area contributed by atoms with Crippen LogP contribution in [0.1, 0.15) is 5.56 Å². The summed E-state index contributed by atoms with van der Waals surface area (Å²) >= 11 is 0. The Hall–Kier alpha value is -3.07. The normalized spacial score (nSPS) is 9.60. The van der Waals surface area contributed by atoms with E-state index in [1.165, 1.54) is 36.4 Å². The first-order valence-electron chi connectivity index (χ1n) is 5.71. The zero-order chi connectivity index (χ0) is 14.5. The van der Waals surface area contributed by atoms with E-state index in [0.29, 0.717) is 22.6 Å². The van der Waals surface area contributed by atoms with Gasteiger partial charge >= 0.3 is 6.03 Å². The average molecular weight is 270 g/mol. The number of rotatable bonds is 2. The van der Waals surface area contributed by atoms with E-state index in [0.717, 1.165) is 0 Å². The van der Waals surface area contributed by atoms with Crippen molar-refractivity contribution >= 4 is 23.1 Å². The third-order valence-corrected chi connectivity index (χ3v) is 2.53. The van der Waals surface area contributed by atoms with Crippen LogP contribution in [0.25, 0.3) is 0 Å². The van der Waals surface area contributed by atoms with Crippen LogP contribution in [-0.4, -0.2) is 6.03 Å². The number of halogens is 1. The predicted molar refractivity (Wildman–Crippen MR) is 74.6 cm³/mol. The van der Waals surface area contributed by atoms with Gasteiger partial charge in [-0.3, -0.25) is 0 Å². The van der Waals surface area contributed by atoms with Gasteiger partial charge in [0.1, 0.15) is 5.82 Å². The summed E-state index contributed by atoms with van der Waals surface area (Å²) < 4.78 is 12.7. The molecule has 0 atom stereocenters. The van der Waals surface area contributed by atoms with Crippen molar-refractivity contribution in [3.05, 3.63) is 53.8 Å². The number of hydrogen-bond donors (Lipinski definition) is 3. The van der Waals surface area contributed by atoms with Crippen molar-refractivity contribution < 1.29 is 9.18 Å². The Balaban J connectivity index is 2.05. The summed E-state index contributed by atoms with van der Waals surface area (Å²) in [6.07, 6.45) is 0. The van der Waals surface area contributed by atoms with Gasteiger partial charge in [-0.1, -0.05) is 0 Å². The molecular weight excluding hydrogens is 259 g/mol. The fourth-order valence-corrected chi connectivity index (χ4v) is 1.56. The smallest absolute Gasteiger partial charge is 0.323 e. The molecule has 2 aromatic rings. The molecule has 0 aliphatic carbocycles. The zero-order valence-electron chi connectivity index (χ0n) is 10.4. The van der Waals surface area contributed by atoms with Gasteiger partial charge in [0.2, 0.25) is 0 Å². The summed E-state index contributed by atoms with van der Waals surface area (Å²) in [6.45, 7) is 0. The summed E-state index contributed by atoms with van der Waals surface area (Å²) in [5.74, 6) is -0.382. The molecule has 2 aromatic carbocycles. The molecule has 0 aromatic heterocycles. The molecule has 100 valence electrons. The van der Waals surface area contributed by atoms with Gasteiger partial charge in [-0.05, 0) is 42.5 Å². The molecule has 6 heteroatoms. The lowest BCUT2D eigenvalue weighted by molar-refractivity contribution is 0.262. The third-order valence-electron chi connectivity index (χ3n) is 2.53. The average Bonchev–Trinajstić information content (AvgIpc) is 2.43. The Morgan fingerprint density at radius 3 is 2.45 bits per heavy atom. The van der Waals surface area contributed by atoms with E-state index in [2.05, 4.69) is 10.6 Å². The highest BCUT2D eigenvalue weighted by molar-refractivity contribution is 6.01. The molecule has 0 heterocycles. The highest BCUT2D eigenvalue weighted by atomic mass is 19.1. The SMILES string of the molecule is N#Cc1ccc(NC(=O)Nc2ccc(F)cc2)c(N)c1. The first kappa shape index (κ1) is 13.4. The maximum atomic E-state index is 12.7. The van der Waals surface area contributed by atoms with Gasteiger partial charge in [-0.15, -0.1) is 0 Å². The highest BCUT2D eigenvalue weighted by Crippen LogP contribution is 2.19. The fourth-order valence-electron chi connectivity index (χ4n) is 1.56. The van der Waals surface area contributed by atoms with Crippen LogP contribution >= 0.6 is 0 Å². The largest absolute Gasteiger partial charge is 0.397 e. The Labute approximate surface area is 114 Å². The molecule has 0 saturated heterocycles. The first-order chi connectivity index (χ1) is 9.58. The lowest BCUT2D eigenvalue weighted by Crippen LogP contribution is -2.20. The Morgan fingerprint density at radius 1 is 1.15 bits per heavy atom. The lowest BCUT2D eigenvalue weighted by Gasteiger charge is -2.09. The number of nitrogen functional groups attached to an aromatic ring is 1. The fraction of sp³-hybridized carbons (Fsp3) is 0. The van der Waals surface area contributed by atoms with E-state index < -0.39 is 6.03 Å². The number of nitrogens with one attached hydrogen (secondary N) is 2. The van der Waals surface area contributed by atoms with Crippen LogP contribution in [0.15, 0.2) is 42.5 Å². The van der Waals surface area contributed by atoms with Gasteiger partial charge in [0.05, 0.1) is 23.0 Å². The van der Waals surface area contributed by atoms with E-state index in [4.69, 9.17) is 11.0 Å². The van der Waals surface area contributed by atoms with Crippen molar-refractivity contribution in [3.63, 3.8) is 0 Å². The molecule has 5 nitrogen and oxygen atoms in total. The maximum Gasteiger partial charge on any atom is 0.323 e. The predicted octanol–water partition coefficient (Wildman–Crippen LogP) is 2.92. The number of urea groups is 1. The molecule has 0 fully saturated rings. The number of carbonyl (C=O) groups is 1. The van der Waals surface area contributed by atoms with Crippen molar-refractivity contribution in [2.75, 3.05) is 16.4 Å². The second-order valence-electron chi connectivity index (χ2n) is 4.00. The molecule has 0 spiro atoms. The minimum absolute atomic E-state index is 0.290. The van der Waals surface area contributed by atoms with Crippen molar-refractivity contribution in [2.45, 2.75) is 0 Å². The first-order valence-corrected chi connectivity index (χ1v) is 5.71. The van der Waals surface area contributed by atoms with Crippen LogP contribution in [0.3, 0.4) is 0 Å². The Morgan fingerprint density at radius 2 is 1.85 bits per heavy atom. The summed E-state index contributed by atoms with van der Waals surface area (Å²) in [4.78, 5) is 11.7. The second-order valence-corrected chi connectivity index (χ2v) is 4.00. The number of nitrogens with two attached hydrogens (primary N) is 1. The zero-order valence-corrected chi connectivity index (χ0v) is 10.4. The van der Waals surface area contributed by atoms with E-state index in [9.17, 15) is 9.18 Å². The van der Waals surface area contributed by atoms with E-state index in [-0.39, 0.29) is 5.82 Å². The standard InChI is InChI=1S/C14H11FN4O/c15-10-2-4-11(5-3-10)18-14(20)19-13-6-1-9(8-16)7-12(13)17/h1-7H,17H2,(H2,18,19,20). The minimum atomic E-state index is -0.506. The molecule has 0 unspecified atom stereocenters. The number of anilines is 3. The van der Waals surface area contributed by atoms with Crippen LogP contribution in [0.5, 0.6) is 0 Å². The van der Waals surface area contributed by atoms with Crippen LogP contribution in [0, 0.1) is 17.1 Å². The molecule has 2 amide bonds. The Kier molecular flexibility index (Phi) is 3.82. The van der Waals surface area contributed by atoms with Crippen LogP contribution in [0.2, 0.25) is 0 Å². The quantitative estimate of drug-likeness (QED) is 0.733. The van der Waals surface area contributed by atoms with Crippen LogP contribution in [0.4, 0.5) is 26.2 Å². The number of hydrogen-bond acceptors (Lipinski definition) is 3. The molecule has 0 saturated carbocycles. The van der Waals surface area contributed by atoms with Gasteiger partial charge in [0.25, 0.3) is 0 Å². The van der Waals surface area contributed by atoms with E-state index >= 15 is 0 Å². The maximum absolute atomic E-state index is 12.7. The van der Waals surface area contributed by atoms with Crippen molar-refractivity contribution in [1.82, 2.24) is 0 Å². The van der Waals surface area contributed by atoms with Gasteiger partial charge in [-0.2, -0.15) is 5.26 Å². The molecule has 0 aliphatic heterocycles. The van der Waals surface area contributed by atoms with E-state index in [1.807, 2.05) is 6.07 Å². The summed E-state index contributed by atoms with van der Waals surface area (Å²) in [5.41, 5.74) is 7.26. The van der Waals surface area contributed by atoms with E-state index in [1.54, 1.807) is 6.07 Å². The van der Waals surface area contributed by atoms with Crippen LogP contribution < -0.4 is 16.4 Å². The van der Waals surface area contributed by atoms with Gasteiger partial charge in [-0.25, -0.2) is 9.18 Å². The number of carbonyl (C=O) groups excluding carboxylic acids is 1. The third kappa shape index (κ3) is 3.23. The molecule has 20 heavy (non-hydrogen) atoms. The molecule has 0 radical (unpaired) electrons. The lowest BCUT2D eigenvalue weighted by atomic mass is 10.2. The number of amides is 2. The molecule has 2 rings (SSSR count). The van der Waals surface area contributed by atoms with Gasteiger partial charge in [0.15, 0.2) is 0 Å². The second kappa shape index (κ2) is 5.71. The molecule has 0 bridgehead atoms. The topological polar surface area (TPSA) is 90.9 Å². The molecule has 4 N–H and O–H groups in total. The van der Waals surface area contributed by atoms with Gasteiger partial charge < -0.3 is 16.4 Å². The summed E-state index contributed by atoms with van der Waals surface area (Å²) in [6, 6.07) is 11.4. The molecular formula is C14H11FN4O. The van der Waals surface area contributed by atoms with Gasteiger partial charge in [0, 0.05) is 5.69 Å². The van der Waals surface area contributed by atoms with Crippen molar-refractivity contribution in [2.24, 2.45) is 0 Å². The monoisotopic (exact) mass is 270 g/mol. The highest BCUT2D eigenvalue weighted by Gasteiger charge is 2.06. The Bertz CT molecular complexity index is 677. The number of benzene rings is 2. The molecule has 0 aliphatic rings. The van der Waals surface area contributed by atoms with Crippen molar-refractivity contribution in [3.8, 4) is 6.07 Å². The minimum Gasteiger partial charge on any atom is -0.397 e. The van der Waals surface area contributed by atoms with Crippen molar-refractivity contribution in [1.29, 1.82) is 5.26 Å². The summed E-state index contributed by atoms with van der Waals surface area (Å²) in [5, 5.41) is 13.8. The summed E-state index contributed by atoms with van der Waals surface area (Å²) in [7, 11) is 0. The number of nitrogens with zero attached hydrogens (tertiary/aromatic N) is 1.